The van der Waals surface area contributed by atoms with E-state index in [-0.39, 0.29) is 11.9 Å². The minimum Gasteiger partial charge on any atom is -0.377 e. The van der Waals surface area contributed by atoms with Crippen molar-refractivity contribution in [1.29, 1.82) is 0 Å². The maximum Gasteiger partial charge on any atom is 0.253 e. The van der Waals surface area contributed by atoms with Gasteiger partial charge in [0.25, 0.3) is 5.91 Å². The van der Waals surface area contributed by atoms with Crippen LogP contribution in [0.4, 0.5) is 5.69 Å². The second-order valence-electron chi connectivity index (χ2n) is 6.91. The molecular weight excluding hydrogens is 308 g/mol. The van der Waals surface area contributed by atoms with Gasteiger partial charge in [-0.2, -0.15) is 0 Å². The van der Waals surface area contributed by atoms with Gasteiger partial charge in [0.15, 0.2) is 0 Å². The van der Waals surface area contributed by atoms with Gasteiger partial charge in [-0.15, -0.1) is 0 Å². The molecule has 0 saturated heterocycles. The molecule has 2 aromatic carbocycles. The molecule has 0 fully saturated rings. The number of amides is 1. The second kappa shape index (κ2) is 6.75. The highest BCUT2D eigenvalue weighted by molar-refractivity contribution is 6.00. The normalized spacial score (nSPS) is 23.5. The van der Waals surface area contributed by atoms with Crippen molar-refractivity contribution in [3.8, 4) is 0 Å². The molecule has 3 atom stereocenters. The van der Waals surface area contributed by atoms with Crippen LogP contribution in [0.1, 0.15) is 53.2 Å². The van der Waals surface area contributed by atoms with Crippen LogP contribution in [0.25, 0.3) is 0 Å². The van der Waals surface area contributed by atoms with E-state index >= 15 is 0 Å². The first kappa shape index (κ1) is 15.9. The van der Waals surface area contributed by atoms with Gasteiger partial charge in [0, 0.05) is 12.5 Å². The summed E-state index contributed by atoms with van der Waals surface area (Å²) in [6.45, 7) is 2.77. The van der Waals surface area contributed by atoms with Gasteiger partial charge in [-0.05, 0) is 36.0 Å². The highest BCUT2D eigenvalue weighted by atomic mass is 16.1. The number of fused-ring (bicyclic) bond motifs is 3. The third kappa shape index (κ3) is 2.84. The lowest BCUT2D eigenvalue weighted by atomic mass is 9.76. The molecule has 2 N–H and O–H groups in total. The number of benzene rings is 2. The van der Waals surface area contributed by atoms with Crippen LogP contribution < -0.4 is 10.6 Å². The molecule has 3 nitrogen and oxygen atoms in total. The van der Waals surface area contributed by atoms with Crippen molar-refractivity contribution >= 4 is 11.6 Å². The van der Waals surface area contributed by atoms with E-state index in [1.807, 2.05) is 18.2 Å². The third-order valence-corrected chi connectivity index (χ3v) is 5.34. The average molecular weight is 332 g/mol. The molecule has 128 valence electrons. The Kier molecular flexibility index (Phi) is 4.31. The average Bonchev–Trinajstić information content (AvgIpc) is 3.15. The molecule has 0 radical (unpaired) electrons. The molecule has 1 aliphatic carbocycles. The molecule has 2 aromatic rings. The zero-order chi connectivity index (χ0) is 17.2. The molecule has 0 spiro atoms. The summed E-state index contributed by atoms with van der Waals surface area (Å²) in [6.07, 6.45) is 6.61. The summed E-state index contributed by atoms with van der Waals surface area (Å²) in [7, 11) is 0. The smallest absolute Gasteiger partial charge is 0.253 e. The number of hydrogen-bond acceptors (Lipinski definition) is 2. The number of anilines is 1. The van der Waals surface area contributed by atoms with Gasteiger partial charge in [0.1, 0.15) is 0 Å². The van der Waals surface area contributed by atoms with Gasteiger partial charge >= 0.3 is 0 Å². The van der Waals surface area contributed by atoms with E-state index in [0.29, 0.717) is 18.4 Å². The summed E-state index contributed by atoms with van der Waals surface area (Å²) < 4.78 is 0. The molecule has 0 bridgehead atoms. The second-order valence-corrected chi connectivity index (χ2v) is 6.91. The van der Waals surface area contributed by atoms with Crippen molar-refractivity contribution in [2.24, 2.45) is 5.92 Å². The van der Waals surface area contributed by atoms with Crippen LogP contribution in [0.15, 0.2) is 60.7 Å². The Morgan fingerprint density at radius 1 is 1.16 bits per heavy atom. The lowest BCUT2D eigenvalue weighted by Gasteiger charge is -2.38. The van der Waals surface area contributed by atoms with Crippen LogP contribution in [-0.4, -0.2) is 12.5 Å². The van der Waals surface area contributed by atoms with E-state index in [9.17, 15) is 4.79 Å². The maximum absolute atomic E-state index is 12.6. The van der Waals surface area contributed by atoms with Gasteiger partial charge < -0.3 is 10.6 Å². The lowest BCUT2D eigenvalue weighted by molar-refractivity contribution is 0.0954. The molecule has 0 saturated carbocycles. The fourth-order valence-corrected chi connectivity index (χ4v) is 4.13. The third-order valence-electron chi connectivity index (χ3n) is 5.34. The molecule has 1 heterocycles. The number of rotatable bonds is 4. The molecule has 0 aromatic heterocycles. The minimum atomic E-state index is 0.0124. The Bertz CT molecular complexity index is 797. The SMILES string of the molecule is CCCNC(=O)c1cccc2c1NC(c1ccccc1)C1CC=CC21. The number of para-hydroxylation sites is 1. The predicted octanol–water partition coefficient (Wildman–Crippen LogP) is 4.65. The highest BCUT2D eigenvalue weighted by Gasteiger charge is 2.39. The van der Waals surface area contributed by atoms with Crippen LogP contribution >= 0.6 is 0 Å². The highest BCUT2D eigenvalue weighted by Crippen LogP contribution is 2.50. The lowest BCUT2D eigenvalue weighted by Crippen LogP contribution is -2.32. The largest absolute Gasteiger partial charge is 0.377 e. The molecular formula is C22H24N2O. The molecule has 1 aliphatic heterocycles. The van der Waals surface area contributed by atoms with E-state index in [4.69, 9.17) is 0 Å². The number of carbonyl (C=O) groups is 1. The standard InChI is InChI=1S/C22H24N2O/c1-2-14-23-22(25)19-13-7-12-18-16-10-6-11-17(16)20(24-21(18)19)15-8-4-3-5-9-15/h3-10,12-13,16-17,20,24H,2,11,14H2,1H3,(H,23,25). The molecule has 2 aliphatic rings. The molecule has 3 heteroatoms. The van der Waals surface area contributed by atoms with Crippen molar-refractivity contribution in [1.82, 2.24) is 5.32 Å². The summed E-state index contributed by atoms with van der Waals surface area (Å²) in [6, 6.07) is 16.9. The first-order valence-electron chi connectivity index (χ1n) is 9.19. The first-order valence-corrected chi connectivity index (χ1v) is 9.19. The van der Waals surface area contributed by atoms with Gasteiger partial charge in [0.2, 0.25) is 0 Å². The first-order chi connectivity index (χ1) is 12.3. The number of carbonyl (C=O) groups excluding carboxylic acids is 1. The van der Waals surface area contributed by atoms with Crippen molar-refractivity contribution in [2.45, 2.75) is 31.7 Å². The Morgan fingerprint density at radius 3 is 2.80 bits per heavy atom. The molecule has 4 rings (SSSR count). The number of nitrogens with one attached hydrogen (secondary N) is 2. The van der Waals surface area contributed by atoms with E-state index in [2.05, 4.69) is 60.0 Å². The summed E-state index contributed by atoms with van der Waals surface area (Å²) in [5, 5.41) is 6.73. The van der Waals surface area contributed by atoms with E-state index in [0.717, 1.165) is 24.1 Å². The monoisotopic (exact) mass is 332 g/mol. The zero-order valence-electron chi connectivity index (χ0n) is 14.5. The van der Waals surface area contributed by atoms with Gasteiger partial charge in [-0.25, -0.2) is 0 Å². The maximum atomic E-state index is 12.6. The Labute approximate surface area is 149 Å². The van der Waals surface area contributed by atoms with Crippen molar-refractivity contribution in [3.63, 3.8) is 0 Å². The number of hydrogen-bond donors (Lipinski definition) is 2. The van der Waals surface area contributed by atoms with Crippen LogP contribution in [0.2, 0.25) is 0 Å². The quantitative estimate of drug-likeness (QED) is 0.800. The van der Waals surface area contributed by atoms with Crippen molar-refractivity contribution in [2.75, 3.05) is 11.9 Å². The van der Waals surface area contributed by atoms with Crippen molar-refractivity contribution < 1.29 is 4.79 Å². The molecule has 3 unspecified atom stereocenters. The summed E-state index contributed by atoms with van der Waals surface area (Å²) in [4.78, 5) is 12.6. The summed E-state index contributed by atoms with van der Waals surface area (Å²) >= 11 is 0. The van der Waals surface area contributed by atoms with E-state index in [1.165, 1.54) is 11.1 Å². The molecule has 25 heavy (non-hydrogen) atoms. The predicted molar refractivity (Wildman–Crippen MR) is 102 cm³/mol. The van der Waals surface area contributed by atoms with Crippen LogP contribution in [0.3, 0.4) is 0 Å². The molecule has 1 amide bonds. The Hall–Kier alpha value is -2.55. The summed E-state index contributed by atoms with van der Waals surface area (Å²) in [5.74, 6) is 0.891. The van der Waals surface area contributed by atoms with E-state index < -0.39 is 0 Å². The van der Waals surface area contributed by atoms with Gasteiger partial charge in [-0.3, -0.25) is 4.79 Å². The van der Waals surface area contributed by atoms with Crippen LogP contribution in [0, 0.1) is 5.92 Å². The fraction of sp³-hybridized carbons (Fsp3) is 0.318. The van der Waals surface area contributed by atoms with E-state index in [1.54, 1.807) is 0 Å². The van der Waals surface area contributed by atoms with Crippen LogP contribution in [0.5, 0.6) is 0 Å². The Balaban J connectivity index is 1.75. The minimum absolute atomic E-state index is 0.0124. The van der Waals surface area contributed by atoms with Gasteiger partial charge in [0.05, 0.1) is 17.3 Å². The zero-order valence-corrected chi connectivity index (χ0v) is 14.5. The fourth-order valence-electron chi connectivity index (χ4n) is 4.13. The summed E-state index contributed by atoms with van der Waals surface area (Å²) in [5.41, 5.74) is 4.29. The van der Waals surface area contributed by atoms with Gasteiger partial charge in [-0.1, -0.05) is 61.5 Å². The topological polar surface area (TPSA) is 41.1 Å². The Morgan fingerprint density at radius 2 is 2.00 bits per heavy atom. The number of allylic oxidation sites excluding steroid dienone is 2. The van der Waals surface area contributed by atoms with Crippen LogP contribution in [-0.2, 0) is 0 Å². The van der Waals surface area contributed by atoms with Crippen molar-refractivity contribution in [3.05, 3.63) is 77.4 Å².